The summed E-state index contributed by atoms with van der Waals surface area (Å²) < 4.78 is 0. The SMILES string of the molecule is O=C1C2C=CC=CC2=NN1Nc1ccccc1. The van der Waals surface area contributed by atoms with Crippen molar-refractivity contribution in [1.82, 2.24) is 5.12 Å². The maximum absolute atomic E-state index is 12.0. The zero-order valence-electron chi connectivity index (χ0n) is 9.08. The van der Waals surface area contributed by atoms with Gasteiger partial charge in [-0.15, -0.1) is 5.12 Å². The van der Waals surface area contributed by atoms with Crippen molar-refractivity contribution in [3.05, 3.63) is 54.6 Å². The number of allylic oxidation sites excluding steroid dienone is 3. The number of nitrogens with one attached hydrogen (secondary N) is 1. The molecular weight excluding hydrogens is 214 g/mol. The Hall–Kier alpha value is -2.36. The second-order valence-electron chi connectivity index (χ2n) is 3.87. The van der Waals surface area contributed by atoms with Gasteiger partial charge in [0.05, 0.1) is 11.4 Å². The van der Waals surface area contributed by atoms with E-state index >= 15 is 0 Å². The largest absolute Gasteiger partial charge is 0.275 e. The Morgan fingerprint density at radius 3 is 2.76 bits per heavy atom. The number of hydrazone groups is 1. The van der Waals surface area contributed by atoms with Gasteiger partial charge in [0.15, 0.2) is 0 Å². The highest BCUT2D eigenvalue weighted by atomic mass is 16.2. The van der Waals surface area contributed by atoms with Crippen molar-refractivity contribution in [2.45, 2.75) is 0 Å². The van der Waals surface area contributed by atoms with Gasteiger partial charge in [-0.1, -0.05) is 36.4 Å². The van der Waals surface area contributed by atoms with Crippen LogP contribution in [0.5, 0.6) is 0 Å². The van der Waals surface area contributed by atoms with Gasteiger partial charge < -0.3 is 0 Å². The molecule has 3 rings (SSSR count). The molecule has 4 nitrogen and oxygen atoms in total. The van der Waals surface area contributed by atoms with Crippen LogP contribution < -0.4 is 5.43 Å². The molecule has 1 heterocycles. The fraction of sp³-hybridized carbons (Fsp3) is 0.0769. The average Bonchev–Trinajstić information content (AvgIpc) is 2.68. The van der Waals surface area contributed by atoms with E-state index in [1.54, 1.807) is 0 Å². The van der Waals surface area contributed by atoms with Crippen LogP contribution >= 0.6 is 0 Å². The molecule has 0 saturated carbocycles. The van der Waals surface area contributed by atoms with E-state index in [2.05, 4.69) is 10.5 Å². The van der Waals surface area contributed by atoms with Crippen LogP contribution in [0.25, 0.3) is 0 Å². The molecule has 0 spiro atoms. The van der Waals surface area contributed by atoms with E-state index in [-0.39, 0.29) is 11.8 Å². The summed E-state index contributed by atoms with van der Waals surface area (Å²) >= 11 is 0. The Labute approximate surface area is 98.9 Å². The lowest BCUT2D eigenvalue weighted by Crippen LogP contribution is -2.31. The van der Waals surface area contributed by atoms with E-state index in [0.29, 0.717) is 0 Å². The summed E-state index contributed by atoms with van der Waals surface area (Å²) in [6.45, 7) is 0. The number of anilines is 1. The zero-order chi connectivity index (χ0) is 11.7. The van der Waals surface area contributed by atoms with Crippen molar-refractivity contribution in [2.75, 3.05) is 5.43 Å². The minimum absolute atomic E-state index is 0.0514. The summed E-state index contributed by atoms with van der Waals surface area (Å²) in [7, 11) is 0. The third-order valence-corrected chi connectivity index (χ3v) is 2.70. The second kappa shape index (κ2) is 3.90. The van der Waals surface area contributed by atoms with Gasteiger partial charge in [-0.3, -0.25) is 10.2 Å². The minimum atomic E-state index is -0.240. The fourth-order valence-corrected chi connectivity index (χ4v) is 1.85. The van der Waals surface area contributed by atoms with Crippen molar-refractivity contribution in [3.63, 3.8) is 0 Å². The predicted octanol–water partition coefficient (Wildman–Crippen LogP) is 1.95. The summed E-state index contributed by atoms with van der Waals surface area (Å²) in [5, 5.41) is 5.54. The van der Waals surface area contributed by atoms with Crippen LogP contribution in [0.2, 0.25) is 0 Å². The number of amides is 1. The van der Waals surface area contributed by atoms with Gasteiger partial charge in [0, 0.05) is 0 Å². The lowest BCUT2D eigenvalue weighted by Gasteiger charge is -2.15. The van der Waals surface area contributed by atoms with E-state index in [0.717, 1.165) is 11.4 Å². The molecule has 1 aliphatic heterocycles. The molecule has 2 aliphatic rings. The average molecular weight is 225 g/mol. The Morgan fingerprint density at radius 1 is 1.18 bits per heavy atom. The predicted molar refractivity (Wildman–Crippen MR) is 66.1 cm³/mol. The molecule has 84 valence electrons. The Kier molecular flexibility index (Phi) is 2.26. The summed E-state index contributed by atoms with van der Waals surface area (Å²) in [4.78, 5) is 12.0. The van der Waals surface area contributed by atoms with Crippen LogP contribution in [0.15, 0.2) is 59.7 Å². The summed E-state index contributed by atoms with van der Waals surface area (Å²) in [5.74, 6) is -0.291. The first-order valence-electron chi connectivity index (χ1n) is 5.43. The number of rotatable bonds is 2. The molecule has 0 fully saturated rings. The Morgan fingerprint density at radius 2 is 2.00 bits per heavy atom. The monoisotopic (exact) mass is 225 g/mol. The first kappa shape index (κ1) is 9.84. The quantitative estimate of drug-likeness (QED) is 0.836. The number of nitrogens with zero attached hydrogens (tertiary/aromatic N) is 2. The molecule has 1 unspecified atom stereocenters. The van der Waals surface area contributed by atoms with E-state index in [1.807, 2.05) is 54.6 Å². The lowest BCUT2D eigenvalue weighted by atomic mass is 9.99. The highest BCUT2D eigenvalue weighted by Crippen LogP contribution is 2.21. The molecule has 17 heavy (non-hydrogen) atoms. The van der Waals surface area contributed by atoms with Crippen LogP contribution in [0.4, 0.5) is 5.69 Å². The van der Waals surface area contributed by atoms with Crippen LogP contribution in [-0.2, 0) is 4.79 Å². The summed E-state index contributed by atoms with van der Waals surface area (Å²) in [5.41, 5.74) is 4.60. The molecule has 1 aliphatic carbocycles. The Bertz CT molecular complexity index is 531. The summed E-state index contributed by atoms with van der Waals surface area (Å²) in [6.07, 6.45) is 7.46. The maximum Gasteiger partial charge on any atom is 0.275 e. The normalized spacial score (nSPS) is 21.4. The maximum atomic E-state index is 12.0. The van der Waals surface area contributed by atoms with Crippen molar-refractivity contribution < 1.29 is 4.79 Å². The van der Waals surface area contributed by atoms with Gasteiger partial charge >= 0.3 is 0 Å². The topological polar surface area (TPSA) is 44.7 Å². The number of carbonyl (C=O) groups excluding carboxylic acids is 1. The van der Waals surface area contributed by atoms with Gasteiger partial charge in [-0.2, -0.15) is 5.10 Å². The van der Waals surface area contributed by atoms with Crippen LogP contribution in [0.3, 0.4) is 0 Å². The lowest BCUT2D eigenvalue weighted by molar-refractivity contribution is -0.129. The second-order valence-corrected chi connectivity index (χ2v) is 3.87. The molecule has 1 N–H and O–H groups in total. The number of carbonyl (C=O) groups is 1. The van der Waals surface area contributed by atoms with Crippen molar-refractivity contribution in [3.8, 4) is 0 Å². The van der Waals surface area contributed by atoms with Crippen molar-refractivity contribution in [2.24, 2.45) is 11.0 Å². The van der Waals surface area contributed by atoms with Crippen LogP contribution in [-0.4, -0.2) is 16.7 Å². The highest BCUT2D eigenvalue weighted by Gasteiger charge is 2.33. The molecule has 1 aromatic rings. The van der Waals surface area contributed by atoms with Crippen LogP contribution in [0.1, 0.15) is 0 Å². The van der Waals surface area contributed by atoms with Crippen molar-refractivity contribution in [1.29, 1.82) is 0 Å². The molecule has 1 aromatic carbocycles. The molecule has 1 atom stereocenters. The van der Waals surface area contributed by atoms with E-state index in [9.17, 15) is 4.79 Å². The van der Waals surface area contributed by atoms with Crippen molar-refractivity contribution >= 4 is 17.3 Å². The first-order valence-corrected chi connectivity index (χ1v) is 5.43. The number of hydrogen-bond donors (Lipinski definition) is 1. The minimum Gasteiger partial charge on any atom is -0.275 e. The third kappa shape index (κ3) is 1.73. The molecule has 0 aromatic heterocycles. The molecule has 0 saturated heterocycles. The third-order valence-electron chi connectivity index (χ3n) is 2.70. The van der Waals surface area contributed by atoms with Gasteiger partial charge in [0.2, 0.25) is 0 Å². The molecule has 0 bridgehead atoms. The number of para-hydroxylation sites is 1. The first-order chi connectivity index (χ1) is 8.34. The number of benzene rings is 1. The smallest absolute Gasteiger partial charge is 0.275 e. The molecule has 4 heteroatoms. The van der Waals surface area contributed by atoms with E-state index in [1.165, 1.54) is 5.12 Å². The van der Waals surface area contributed by atoms with E-state index in [4.69, 9.17) is 0 Å². The molecular formula is C13H11N3O. The highest BCUT2D eigenvalue weighted by molar-refractivity contribution is 6.15. The van der Waals surface area contributed by atoms with Gasteiger partial charge in [-0.25, -0.2) is 0 Å². The zero-order valence-corrected chi connectivity index (χ0v) is 9.08. The molecule has 0 radical (unpaired) electrons. The number of hydrazine groups is 1. The fourth-order valence-electron chi connectivity index (χ4n) is 1.85. The number of fused-ring (bicyclic) bond motifs is 1. The molecule has 1 amide bonds. The standard InChI is InChI=1S/C13H11N3O/c17-13-11-8-4-5-9-12(11)15-16(13)14-10-6-2-1-3-7-10/h1-9,11,14H. The Balaban J connectivity index is 1.82. The number of hydrogen-bond acceptors (Lipinski definition) is 3. The summed E-state index contributed by atoms with van der Waals surface area (Å²) in [6, 6.07) is 9.52. The van der Waals surface area contributed by atoms with Gasteiger partial charge in [0.1, 0.15) is 5.92 Å². The van der Waals surface area contributed by atoms with E-state index < -0.39 is 0 Å². The van der Waals surface area contributed by atoms with Gasteiger partial charge in [-0.05, 0) is 18.2 Å². The van der Waals surface area contributed by atoms with Crippen LogP contribution in [0, 0.1) is 5.92 Å². The van der Waals surface area contributed by atoms with Gasteiger partial charge in [0.25, 0.3) is 5.91 Å².